The van der Waals surface area contributed by atoms with Gasteiger partial charge in [-0.1, -0.05) is 13.8 Å². The van der Waals surface area contributed by atoms with Gasteiger partial charge in [-0.05, 0) is 25.3 Å². The highest BCUT2D eigenvalue weighted by Gasteiger charge is 2.33. The Labute approximate surface area is 119 Å². The topological polar surface area (TPSA) is 55.6 Å². The normalized spacial score (nSPS) is 20.7. The summed E-state index contributed by atoms with van der Waals surface area (Å²) in [6, 6.07) is 0.337. The molecular weight excluding hydrogens is 250 g/mol. The van der Waals surface area contributed by atoms with Gasteiger partial charge in [0.25, 0.3) is 0 Å². The maximum absolute atomic E-state index is 4.78. The first-order chi connectivity index (χ1) is 9.50. The largest absolute Gasteiger partial charge is 0.331 e. The van der Waals surface area contributed by atoms with Crippen LogP contribution >= 0.6 is 0 Å². The summed E-state index contributed by atoms with van der Waals surface area (Å²) in [5.74, 6) is 1.53. The van der Waals surface area contributed by atoms with Crippen molar-refractivity contribution in [2.24, 2.45) is 12.5 Å². The molecule has 0 aromatic carbocycles. The smallest absolute Gasteiger partial charge is 0.196 e. The highest BCUT2D eigenvalue weighted by molar-refractivity contribution is 5.45. The lowest BCUT2D eigenvalue weighted by Gasteiger charge is -2.36. The number of hydrogen-bond donors (Lipinski definition) is 1. The summed E-state index contributed by atoms with van der Waals surface area (Å²) >= 11 is 0. The minimum absolute atomic E-state index is 0.258. The van der Waals surface area contributed by atoms with Crippen molar-refractivity contribution in [2.75, 3.05) is 7.05 Å². The molecule has 0 saturated heterocycles. The first kappa shape index (κ1) is 13.2. The fourth-order valence-electron chi connectivity index (χ4n) is 2.99. The summed E-state index contributed by atoms with van der Waals surface area (Å²) in [5, 5.41) is 3.38. The van der Waals surface area contributed by atoms with Crippen molar-refractivity contribution in [3.05, 3.63) is 29.8 Å². The average molecular weight is 271 g/mol. The van der Waals surface area contributed by atoms with Crippen molar-refractivity contribution in [3.63, 3.8) is 0 Å². The number of aromatic nitrogens is 4. The summed E-state index contributed by atoms with van der Waals surface area (Å²) in [5.41, 5.74) is 2.63. The van der Waals surface area contributed by atoms with Crippen LogP contribution in [0.5, 0.6) is 0 Å². The van der Waals surface area contributed by atoms with E-state index in [1.54, 1.807) is 6.20 Å². The van der Waals surface area contributed by atoms with E-state index in [4.69, 9.17) is 4.98 Å². The van der Waals surface area contributed by atoms with E-state index in [-0.39, 0.29) is 5.41 Å². The third kappa shape index (κ3) is 2.22. The van der Waals surface area contributed by atoms with E-state index in [9.17, 15) is 0 Å². The van der Waals surface area contributed by atoms with Crippen molar-refractivity contribution >= 4 is 0 Å². The molecule has 2 heterocycles. The zero-order chi connectivity index (χ0) is 14.3. The Morgan fingerprint density at radius 3 is 2.80 bits per heavy atom. The highest BCUT2D eigenvalue weighted by Crippen LogP contribution is 2.39. The molecule has 3 rings (SSSR count). The van der Waals surface area contributed by atoms with E-state index in [1.165, 1.54) is 5.56 Å². The lowest BCUT2D eigenvalue weighted by Crippen LogP contribution is -2.32. The maximum Gasteiger partial charge on any atom is 0.196 e. The zero-order valence-corrected chi connectivity index (χ0v) is 12.5. The summed E-state index contributed by atoms with van der Waals surface area (Å²) in [6.07, 6.45) is 7.75. The molecule has 2 aromatic rings. The van der Waals surface area contributed by atoms with Crippen LogP contribution in [0.3, 0.4) is 0 Å². The molecular formula is C15H21N5. The molecule has 0 spiro atoms. The Morgan fingerprint density at radius 1 is 1.35 bits per heavy atom. The van der Waals surface area contributed by atoms with Crippen molar-refractivity contribution in [1.29, 1.82) is 0 Å². The fraction of sp³-hybridized carbons (Fsp3) is 0.533. The van der Waals surface area contributed by atoms with Gasteiger partial charge in [0.2, 0.25) is 0 Å². The third-order valence-electron chi connectivity index (χ3n) is 4.05. The Morgan fingerprint density at radius 2 is 2.15 bits per heavy atom. The first-order valence-electron chi connectivity index (χ1n) is 7.01. The molecule has 0 aliphatic heterocycles. The Balaban J connectivity index is 2.06. The molecule has 1 N–H and O–H groups in total. The van der Waals surface area contributed by atoms with Crippen molar-refractivity contribution in [2.45, 2.75) is 32.7 Å². The van der Waals surface area contributed by atoms with Crippen LogP contribution in [0.15, 0.2) is 18.6 Å². The first-order valence-corrected chi connectivity index (χ1v) is 7.01. The molecule has 0 radical (unpaired) electrons. The van der Waals surface area contributed by atoms with Crippen LogP contribution in [0.2, 0.25) is 0 Å². The SMILES string of the molecule is CNC1CC(C)(C)Cc2nc(-c3nccn3C)ncc21. The molecule has 5 heteroatoms. The molecule has 1 aliphatic carbocycles. The Kier molecular flexibility index (Phi) is 3.09. The molecule has 0 saturated carbocycles. The van der Waals surface area contributed by atoms with Crippen molar-refractivity contribution in [1.82, 2.24) is 24.8 Å². The van der Waals surface area contributed by atoms with Crippen LogP contribution < -0.4 is 5.32 Å². The molecule has 5 nitrogen and oxygen atoms in total. The number of nitrogens with one attached hydrogen (secondary N) is 1. The standard InChI is InChI=1S/C15H21N5/c1-15(2)7-11(16-3)10-9-18-13(19-12(10)8-15)14-17-5-6-20(14)4/h5-6,9,11,16H,7-8H2,1-4H3. The summed E-state index contributed by atoms with van der Waals surface area (Å²) in [7, 11) is 3.97. The lowest BCUT2D eigenvalue weighted by molar-refractivity contribution is 0.260. The van der Waals surface area contributed by atoms with Gasteiger partial charge in [-0.15, -0.1) is 0 Å². The molecule has 0 amide bonds. The van der Waals surface area contributed by atoms with Crippen LogP contribution in [0.4, 0.5) is 0 Å². The number of rotatable bonds is 2. The number of nitrogens with zero attached hydrogens (tertiary/aromatic N) is 4. The van der Waals surface area contributed by atoms with Crippen LogP contribution in [0, 0.1) is 5.41 Å². The minimum Gasteiger partial charge on any atom is -0.331 e. The van der Waals surface area contributed by atoms with Gasteiger partial charge in [-0.2, -0.15) is 0 Å². The summed E-state index contributed by atoms with van der Waals surface area (Å²) in [6.45, 7) is 4.59. The number of aryl methyl sites for hydroxylation is 1. The molecule has 1 unspecified atom stereocenters. The van der Waals surface area contributed by atoms with Gasteiger partial charge >= 0.3 is 0 Å². The van der Waals surface area contributed by atoms with Gasteiger partial charge in [0, 0.05) is 42.9 Å². The fourth-order valence-corrected chi connectivity index (χ4v) is 2.99. The van der Waals surface area contributed by atoms with Crippen LogP contribution in [-0.4, -0.2) is 26.6 Å². The van der Waals surface area contributed by atoms with E-state index < -0.39 is 0 Å². The third-order valence-corrected chi connectivity index (χ3v) is 4.05. The second kappa shape index (κ2) is 4.66. The van der Waals surface area contributed by atoms with Crippen LogP contribution in [-0.2, 0) is 13.5 Å². The van der Waals surface area contributed by atoms with Gasteiger partial charge in [0.15, 0.2) is 11.6 Å². The molecule has 0 bridgehead atoms. The monoisotopic (exact) mass is 271 g/mol. The number of fused-ring (bicyclic) bond motifs is 1. The second-order valence-corrected chi connectivity index (χ2v) is 6.34. The van der Waals surface area contributed by atoms with Gasteiger partial charge in [0.05, 0.1) is 0 Å². The van der Waals surface area contributed by atoms with Gasteiger partial charge < -0.3 is 9.88 Å². The van der Waals surface area contributed by atoms with Gasteiger partial charge in [-0.3, -0.25) is 0 Å². The molecule has 1 atom stereocenters. The van der Waals surface area contributed by atoms with Crippen molar-refractivity contribution in [3.8, 4) is 11.6 Å². The van der Waals surface area contributed by atoms with Gasteiger partial charge in [0.1, 0.15) is 0 Å². The number of imidazole rings is 1. The average Bonchev–Trinajstić information content (AvgIpc) is 2.82. The summed E-state index contributed by atoms with van der Waals surface area (Å²) in [4.78, 5) is 13.6. The Hall–Kier alpha value is -1.75. The maximum atomic E-state index is 4.78. The predicted molar refractivity (Wildman–Crippen MR) is 78.1 cm³/mol. The quantitative estimate of drug-likeness (QED) is 0.909. The lowest BCUT2D eigenvalue weighted by atomic mass is 9.74. The minimum atomic E-state index is 0.258. The predicted octanol–water partition coefficient (Wildman–Crippen LogP) is 2.11. The molecule has 20 heavy (non-hydrogen) atoms. The van der Waals surface area contributed by atoms with Gasteiger partial charge in [-0.25, -0.2) is 15.0 Å². The van der Waals surface area contributed by atoms with Crippen LogP contribution in [0.25, 0.3) is 11.6 Å². The molecule has 106 valence electrons. The van der Waals surface area contributed by atoms with E-state index in [0.29, 0.717) is 11.9 Å². The van der Waals surface area contributed by atoms with E-state index in [0.717, 1.165) is 24.4 Å². The van der Waals surface area contributed by atoms with Crippen LogP contribution in [0.1, 0.15) is 37.6 Å². The Bertz CT molecular complexity index is 629. The summed E-state index contributed by atoms with van der Waals surface area (Å²) < 4.78 is 1.95. The second-order valence-electron chi connectivity index (χ2n) is 6.34. The molecule has 2 aromatic heterocycles. The highest BCUT2D eigenvalue weighted by atomic mass is 15.1. The molecule has 0 fully saturated rings. The van der Waals surface area contributed by atoms with E-state index >= 15 is 0 Å². The van der Waals surface area contributed by atoms with E-state index in [1.807, 2.05) is 31.1 Å². The zero-order valence-electron chi connectivity index (χ0n) is 12.5. The van der Waals surface area contributed by atoms with Crippen molar-refractivity contribution < 1.29 is 0 Å². The van der Waals surface area contributed by atoms with E-state index in [2.05, 4.69) is 29.1 Å². The molecule has 1 aliphatic rings. The number of hydrogen-bond acceptors (Lipinski definition) is 4.